The van der Waals surface area contributed by atoms with E-state index >= 15 is 0 Å². The van der Waals surface area contributed by atoms with Crippen LogP contribution in [0.15, 0.2) is 33.1 Å². The Morgan fingerprint density at radius 1 is 1.11 bits per heavy atom. The van der Waals surface area contributed by atoms with Gasteiger partial charge in [-0.1, -0.05) is 23.2 Å². The van der Waals surface area contributed by atoms with Crippen LogP contribution in [0.1, 0.15) is 0 Å². The summed E-state index contributed by atoms with van der Waals surface area (Å²) in [6.45, 7) is 0. The third-order valence-corrected chi connectivity index (χ3v) is 3.55. The van der Waals surface area contributed by atoms with Gasteiger partial charge >= 0.3 is 0 Å². The highest BCUT2D eigenvalue weighted by molar-refractivity contribution is 7.58. The molecule has 0 fully saturated rings. The molecule has 8 heteroatoms. The topological polar surface area (TPSA) is 49.6 Å². The predicted molar refractivity (Wildman–Crippen MR) is 75.5 cm³/mol. The Balaban J connectivity index is 2.07. The van der Waals surface area contributed by atoms with E-state index in [0.29, 0.717) is 32.8 Å². The summed E-state index contributed by atoms with van der Waals surface area (Å²) in [5, 5.41) is 3.82. The standard InChI is InChI=1S/C11H5Cl2FN4S/c12-6-4-7(13)10-11(18-19-17-10)9(6)16-5-1-2-15-8(14)3-5/h1-4H,(H,15,16). The summed E-state index contributed by atoms with van der Waals surface area (Å²) >= 11 is 13.2. The van der Waals surface area contributed by atoms with Crippen LogP contribution in [0.3, 0.4) is 0 Å². The van der Waals surface area contributed by atoms with Crippen molar-refractivity contribution in [2.75, 3.05) is 5.32 Å². The summed E-state index contributed by atoms with van der Waals surface area (Å²) in [5.41, 5.74) is 2.18. The fourth-order valence-electron chi connectivity index (χ4n) is 1.62. The number of benzene rings is 1. The Hall–Kier alpha value is -1.50. The molecular weight excluding hydrogens is 310 g/mol. The Labute approximate surface area is 121 Å². The molecule has 0 saturated heterocycles. The van der Waals surface area contributed by atoms with E-state index in [1.54, 1.807) is 12.1 Å². The highest BCUT2D eigenvalue weighted by atomic mass is 35.5. The first-order valence-corrected chi connectivity index (χ1v) is 6.62. The molecule has 0 aliphatic carbocycles. The minimum atomic E-state index is -0.581. The lowest BCUT2D eigenvalue weighted by molar-refractivity contribution is 0.584. The van der Waals surface area contributed by atoms with E-state index in [4.69, 9.17) is 23.2 Å². The Morgan fingerprint density at radius 3 is 2.68 bits per heavy atom. The highest BCUT2D eigenvalue weighted by Crippen LogP contribution is 2.48. The van der Waals surface area contributed by atoms with E-state index in [1.807, 2.05) is 0 Å². The average molecular weight is 315 g/mol. The van der Waals surface area contributed by atoms with Crippen molar-refractivity contribution >= 4 is 57.3 Å². The first-order valence-electron chi connectivity index (χ1n) is 5.14. The van der Waals surface area contributed by atoms with Gasteiger partial charge in [0, 0.05) is 18.0 Å². The van der Waals surface area contributed by atoms with Gasteiger partial charge in [0.1, 0.15) is 11.4 Å². The van der Waals surface area contributed by atoms with Crippen LogP contribution < -0.4 is 5.32 Å². The molecule has 1 aliphatic rings. The molecule has 1 aromatic carbocycles. The quantitative estimate of drug-likeness (QED) is 0.677. The number of hydrogen-bond acceptors (Lipinski definition) is 4. The molecule has 2 aromatic rings. The number of nitrogens with one attached hydrogen (secondary N) is 1. The summed E-state index contributed by atoms with van der Waals surface area (Å²) in [5.74, 6) is -0.581. The second kappa shape index (κ2) is 4.88. The Kier molecular flexibility index (Phi) is 3.22. The molecule has 1 aliphatic heterocycles. The maximum atomic E-state index is 13.1. The first-order chi connectivity index (χ1) is 9.15. The van der Waals surface area contributed by atoms with Gasteiger partial charge in [-0.2, -0.15) is 13.1 Å². The average Bonchev–Trinajstić information content (AvgIpc) is 2.84. The number of pyridine rings is 1. The van der Waals surface area contributed by atoms with Crippen LogP contribution >= 0.6 is 23.2 Å². The second-order valence-corrected chi connectivity index (χ2v) is 5.01. The molecule has 3 rings (SSSR count). The van der Waals surface area contributed by atoms with Crippen molar-refractivity contribution in [3.05, 3.63) is 40.4 Å². The molecule has 4 nitrogen and oxygen atoms in total. The van der Waals surface area contributed by atoms with Gasteiger partial charge in [-0.15, -0.1) is 0 Å². The van der Waals surface area contributed by atoms with Crippen molar-refractivity contribution in [2.24, 2.45) is 8.73 Å². The van der Waals surface area contributed by atoms with Crippen molar-refractivity contribution in [1.29, 1.82) is 0 Å². The zero-order valence-corrected chi connectivity index (χ0v) is 11.5. The maximum Gasteiger partial charge on any atom is 0.214 e. The number of anilines is 2. The van der Waals surface area contributed by atoms with E-state index < -0.39 is 5.95 Å². The lowest BCUT2D eigenvalue weighted by Gasteiger charge is -2.11. The molecule has 0 spiro atoms. The lowest BCUT2D eigenvalue weighted by Crippen LogP contribution is -1.94. The summed E-state index contributed by atoms with van der Waals surface area (Å²) in [7, 11) is 0. The van der Waals surface area contributed by atoms with Crippen LogP contribution in [-0.2, 0) is 11.4 Å². The molecule has 1 N–H and O–H groups in total. The summed E-state index contributed by atoms with van der Waals surface area (Å²) in [4.78, 5) is 3.48. The van der Waals surface area contributed by atoms with Crippen LogP contribution in [0.4, 0.5) is 27.1 Å². The van der Waals surface area contributed by atoms with Crippen LogP contribution in [0.2, 0.25) is 10.0 Å². The summed E-state index contributed by atoms with van der Waals surface area (Å²) in [6.07, 6.45) is 1.36. The van der Waals surface area contributed by atoms with E-state index in [-0.39, 0.29) is 0 Å². The number of nitrogens with zero attached hydrogens (tertiary/aromatic N) is 3. The fourth-order valence-corrected chi connectivity index (χ4v) is 2.78. The Bertz CT molecular complexity index is 744. The number of aromatic nitrogens is 1. The summed E-state index contributed by atoms with van der Waals surface area (Å²) in [6, 6.07) is 4.46. The van der Waals surface area contributed by atoms with Crippen molar-refractivity contribution < 1.29 is 4.39 Å². The molecule has 2 heterocycles. The van der Waals surface area contributed by atoms with Crippen LogP contribution in [0, 0.1) is 5.95 Å². The monoisotopic (exact) mass is 314 g/mol. The highest BCUT2D eigenvalue weighted by Gasteiger charge is 2.18. The molecule has 0 unspecified atom stereocenters. The number of rotatable bonds is 2. The third kappa shape index (κ3) is 2.34. The van der Waals surface area contributed by atoms with Gasteiger partial charge in [0.25, 0.3) is 0 Å². The van der Waals surface area contributed by atoms with E-state index in [1.165, 1.54) is 12.3 Å². The van der Waals surface area contributed by atoms with Crippen LogP contribution in [0.5, 0.6) is 0 Å². The van der Waals surface area contributed by atoms with Gasteiger partial charge in [-0.25, -0.2) is 4.98 Å². The van der Waals surface area contributed by atoms with Gasteiger partial charge in [0.2, 0.25) is 5.95 Å². The Morgan fingerprint density at radius 2 is 1.89 bits per heavy atom. The number of halogens is 3. The molecule has 0 bridgehead atoms. The first kappa shape index (κ1) is 12.5. The molecular formula is C11H5Cl2FN4S. The number of hydrogen-bond donors (Lipinski definition) is 1. The zero-order valence-electron chi connectivity index (χ0n) is 9.19. The molecule has 19 heavy (non-hydrogen) atoms. The minimum absolute atomic E-state index is 0.391. The van der Waals surface area contributed by atoms with Gasteiger partial charge < -0.3 is 5.32 Å². The molecule has 0 radical (unpaired) electrons. The molecule has 96 valence electrons. The fraction of sp³-hybridized carbons (Fsp3) is 0. The van der Waals surface area contributed by atoms with Gasteiger partial charge in [0.15, 0.2) is 0 Å². The van der Waals surface area contributed by atoms with E-state index in [0.717, 1.165) is 11.4 Å². The molecule has 1 aromatic heterocycles. The normalized spacial score (nSPS) is 12.2. The van der Waals surface area contributed by atoms with Crippen molar-refractivity contribution in [1.82, 2.24) is 4.98 Å². The molecule has 0 atom stereocenters. The second-order valence-electron chi connectivity index (χ2n) is 3.67. The smallest absolute Gasteiger partial charge is 0.214 e. The predicted octanol–water partition coefficient (Wildman–Crippen LogP) is 5.00. The molecule has 0 saturated carbocycles. The van der Waals surface area contributed by atoms with Crippen molar-refractivity contribution in [3.8, 4) is 0 Å². The largest absolute Gasteiger partial charge is 0.352 e. The van der Waals surface area contributed by atoms with Crippen LogP contribution in [-0.4, -0.2) is 4.98 Å². The van der Waals surface area contributed by atoms with E-state index in [2.05, 4.69) is 19.0 Å². The van der Waals surface area contributed by atoms with Gasteiger partial charge in [-0.3, -0.25) is 0 Å². The zero-order chi connectivity index (χ0) is 13.4. The summed E-state index contributed by atoms with van der Waals surface area (Å²) < 4.78 is 21.3. The molecule has 0 amide bonds. The third-order valence-electron chi connectivity index (χ3n) is 2.44. The SMILES string of the molecule is Fc1cc(Nc2c(Cl)cc(Cl)c3c2N=S=N3)ccn1. The van der Waals surface area contributed by atoms with Crippen LogP contribution in [0.25, 0.3) is 0 Å². The maximum absolute atomic E-state index is 13.1. The van der Waals surface area contributed by atoms with Crippen molar-refractivity contribution in [3.63, 3.8) is 0 Å². The van der Waals surface area contributed by atoms with E-state index in [9.17, 15) is 4.39 Å². The number of fused-ring (bicyclic) bond motifs is 1. The van der Waals surface area contributed by atoms with Gasteiger partial charge in [0.05, 0.1) is 27.1 Å². The lowest BCUT2D eigenvalue weighted by atomic mass is 10.2. The minimum Gasteiger partial charge on any atom is -0.352 e. The van der Waals surface area contributed by atoms with Crippen molar-refractivity contribution in [2.45, 2.75) is 0 Å². The van der Waals surface area contributed by atoms with Gasteiger partial charge in [-0.05, 0) is 12.1 Å².